The maximum absolute atomic E-state index is 14.6. The van der Waals surface area contributed by atoms with E-state index in [2.05, 4.69) is 6.92 Å². The van der Waals surface area contributed by atoms with Crippen molar-refractivity contribution in [3.05, 3.63) is 35.1 Å². The predicted molar refractivity (Wildman–Crippen MR) is 103 cm³/mol. The zero-order valence-corrected chi connectivity index (χ0v) is 16.6. The average Bonchev–Trinajstić information content (AvgIpc) is 2.88. The number of carbonyl (C=O) groups is 2. The van der Waals surface area contributed by atoms with Crippen LogP contribution in [0.15, 0.2) is 24.3 Å². The Hall–Kier alpha value is -1.45. The number of nitrogens with zero attached hydrogens (tertiary/aromatic N) is 1. The number of hydrogen-bond donors (Lipinski definition) is 0. The van der Waals surface area contributed by atoms with Gasteiger partial charge >= 0.3 is 0 Å². The fourth-order valence-electron chi connectivity index (χ4n) is 3.46. The van der Waals surface area contributed by atoms with Gasteiger partial charge < -0.3 is 4.74 Å². The number of rotatable bonds is 6. The first-order valence-corrected chi connectivity index (χ1v) is 10.6. The fourth-order valence-corrected chi connectivity index (χ4v) is 4.60. The van der Waals surface area contributed by atoms with Crippen LogP contribution in [0.25, 0.3) is 0 Å². The minimum absolute atomic E-state index is 0.0219. The van der Waals surface area contributed by atoms with E-state index < -0.39 is 17.7 Å². The summed E-state index contributed by atoms with van der Waals surface area (Å²) in [4.78, 5) is 26.4. The van der Waals surface area contributed by atoms with Gasteiger partial charge in [-0.3, -0.25) is 9.59 Å². The molecule has 1 saturated heterocycles. The largest absolute Gasteiger partial charge is 0.485 e. The van der Waals surface area contributed by atoms with E-state index in [-0.39, 0.29) is 28.4 Å². The number of fused-ring (bicyclic) bond motifs is 1. The number of amides is 2. The Kier molecular flexibility index (Phi) is 5.99. The van der Waals surface area contributed by atoms with Crippen LogP contribution < -0.4 is 9.64 Å². The van der Waals surface area contributed by atoms with E-state index in [1.54, 1.807) is 6.08 Å². The van der Waals surface area contributed by atoms with Crippen molar-refractivity contribution in [3.63, 3.8) is 0 Å². The summed E-state index contributed by atoms with van der Waals surface area (Å²) in [7, 11) is 0.588. The highest BCUT2D eigenvalue weighted by Gasteiger charge is 2.48. The van der Waals surface area contributed by atoms with Crippen molar-refractivity contribution in [3.8, 4) is 5.75 Å². The van der Waals surface area contributed by atoms with Crippen LogP contribution in [0.2, 0.25) is 5.02 Å². The van der Waals surface area contributed by atoms with Crippen LogP contribution in [-0.4, -0.2) is 23.8 Å². The molecule has 0 radical (unpaired) electrons. The summed E-state index contributed by atoms with van der Waals surface area (Å²) in [5, 5.41) is 0.141. The van der Waals surface area contributed by atoms with E-state index in [1.165, 1.54) is 6.07 Å². The predicted octanol–water partition coefficient (Wildman–Crippen LogP) is 4.75. The van der Waals surface area contributed by atoms with Crippen LogP contribution in [-0.2, 0) is 9.59 Å². The second-order valence-corrected chi connectivity index (χ2v) is 8.62. The van der Waals surface area contributed by atoms with Crippen LogP contribution in [0.1, 0.15) is 33.1 Å². The minimum Gasteiger partial charge on any atom is -0.485 e. The smallest absolute Gasteiger partial charge is 0.241 e. The summed E-state index contributed by atoms with van der Waals surface area (Å²) in [6.45, 7) is 4.08. The first-order chi connectivity index (χ1) is 12.5. The zero-order chi connectivity index (χ0) is 18.8. The van der Waals surface area contributed by atoms with Gasteiger partial charge in [-0.25, -0.2) is 9.29 Å². The molecule has 1 aliphatic heterocycles. The van der Waals surface area contributed by atoms with E-state index in [9.17, 15) is 14.0 Å². The number of allylic oxidation sites excluding steroid dienone is 1. The Morgan fingerprint density at radius 1 is 1.35 bits per heavy atom. The lowest BCUT2D eigenvalue weighted by atomic mass is 9.86. The van der Waals surface area contributed by atoms with E-state index in [0.717, 1.165) is 30.0 Å². The molecular weight excluding hydrogens is 376 g/mol. The molecule has 2 amide bonds. The lowest BCUT2D eigenvalue weighted by Crippen LogP contribution is -2.31. The van der Waals surface area contributed by atoms with Gasteiger partial charge in [-0.05, 0) is 31.5 Å². The van der Waals surface area contributed by atoms with Crippen molar-refractivity contribution in [1.82, 2.24) is 0 Å². The van der Waals surface area contributed by atoms with Gasteiger partial charge in [-0.15, -0.1) is 0 Å². The molecule has 1 aliphatic carbocycles. The summed E-state index contributed by atoms with van der Waals surface area (Å²) >= 11 is 6.14. The highest BCUT2D eigenvalue weighted by atomic mass is 35.5. The topological polar surface area (TPSA) is 46.6 Å². The quantitative estimate of drug-likeness (QED) is 0.395. The average molecular weight is 398 g/mol. The second-order valence-electron chi connectivity index (χ2n) is 6.46. The monoisotopic (exact) mass is 397 g/mol. The third-order valence-electron chi connectivity index (χ3n) is 4.78. The Morgan fingerprint density at radius 2 is 2.12 bits per heavy atom. The molecule has 1 aromatic rings. The zero-order valence-electron chi connectivity index (χ0n) is 14.8. The maximum atomic E-state index is 14.6. The highest BCUT2D eigenvalue weighted by molar-refractivity contribution is 7.38. The van der Waals surface area contributed by atoms with Crippen LogP contribution >= 0.6 is 20.2 Å². The molecule has 0 saturated carbocycles. The number of imide groups is 1. The first-order valence-electron chi connectivity index (χ1n) is 8.91. The van der Waals surface area contributed by atoms with Crippen molar-refractivity contribution >= 4 is 37.7 Å². The Morgan fingerprint density at radius 3 is 2.77 bits per heavy atom. The lowest BCUT2D eigenvalue weighted by molar-refractivity contribution is -0.122. The van der Waals surface area contributed by atoms with E-state index >= 15 is 0 Å². The van der Waals surface area contributed by atoms with Crippen LogP contribution in [0.3, 0.4) is 0 Å². The summed E-state index contributed by atoms with van der Waals surface area (Å²) in [6, 6.07) is 2.50. The van der Waals surface area contributed by atoms with Crippen molar-refractivity contribution in [2.45, 2.75) is 39.0 Å². The molecule has 4 nitrogen and oxygen atoms in total. The van der Waals surface area contributed by atoms with E-state index in [0.29, 0.717) is 20.8 Å². The fraction of sp³-hybridized carbons (Fsp3) is 0.474. The third-order valence-corrected chi connectivity index (χ3v) is 6.46. The lowest BCUT2D eigenvalue weighted by Gasteiger charge is -2.21. The minimum atomic E-state index is -0.697. The molecule has 4 unspecified atom stereocenters. The molecule has 1 aromatic carbocycles. The molecule has 0 aromatic heterocycles. The number of carbonyl (C=O) groups excluding carboxylic acids is 2. The Labute approximate surface area is 159 Å². The molecule has 7 heteroatoms. The Balaban J connectivity index is 1.95. The summed E-state index contributed by atoms with van der Waals surface area (Å²) < 4.78 is 20.5. The molecule has 3 rings (SSSR count). The first kappa shape index (κ1) is 19.3. The molecule has 0 bridgehead atoms. The van der Waals surface area contributed by atoms with Gasteiger partial charge in [0.1, 0.15) is 17.4 Å². The molecule has 1 heterocycles. The van der Waals surface area contributed by atoms with E-state index in [1.807, 2.05) is 13.0 Å². The molecule has 140 valence electrons. The van der Waals surface area contributed by atoms with Gasteiger partial charge in [-0.1, -0.05) is 46.2 Å². The van der Waals surface area contributed by atoms with Crippen LogP contribution in [0.4, 0.5) is 10.1 Å². The SMILES string of the molecule is CCPC(CC)Oc1cc(N2C(=O)C3C=CCCC3C2=O)c(F)cc1Cl. The number of halogens is 2. The van der Waals surface area contributed by atoms with Crippen molar-refractivity contribution < 1.29 is 18.7 Å². The van der Waals surface area contributed by atoms with Gasteiger partial charge in [0.15, 0.2) is 0 Å². The number of anilines is 1. The number of ether oxygens (including phenoxy) is 1. The molecule has 26 heavy (non-hydrogen) atoms. The normalized spacial score (nSPS) is 23.8. The summed E-state index contributed by atoms with van der Waals surface area (Å²) in [6.07, 6.45) is 6.79. The van der Waals surface area contributed by atoms with Gasteiger partial charge in [0.25, 0.3) is 0 Å². The molecule has 0 N–H and O–H groups in total. The number of benzene rings is 1. The maximum Gasteiger partial charge on any atom is 0.241 e. The summed E-state index contributed by atoms with van der Waals surface area (Å²) in [5.74, 6) is -2.05. The van der Waals surface area contributed by atoms with Crippen molar-refractivity contribution in [2.75, 3.05) is 11.1 Å². The molecule has 2 aliphatic rings. The molecular formula is C19H22ClFNO3P. The highest BCUT2D eigenvalue weighted by Crippen LogP contribution is 2.41. The number of hydrogen-bond acceptors (Lipinski definition) is 3. The van der Waals surface area contributed by atoms with Crippen LogP contribution in [0, 0.1) is 17.7 Å². The summed E-state index contributed by atoms with van der Waals surface area (Å²) in [5.41, 5.74) is -0.0723. The second kappa shape index (κ2) is 8.06. The van der Waals surface area contributed by atoms with Gasteiger partial charge in [-0.2, -0.15) is 0 Å². The van der Waals surface area contributed by atoms with Crippen molar-refractivity contribution in [1.29, 1.82) is 0 Å². The van der Waals surface area contributed by atoms with Gasteiger partial charge in [0, 0.05) is 6.07 Å². The molecule has 1 fully saturated rings. The van der Waals surface area contributed by atoms with Gasteiger partial charge in [0.2, 0.25) is 11.8 Å². The Bertz CT molecular complexity index is 755. The van der Waals surface area contributed by atoms with Crippen LogP contribution in [0.5, 0.6) is 5.75 Å². The van der Waals surface area contributed by atoms with Gasteiger partial charge in [0.05, 0.1) is 22.5 Å². The molecule has 0 spiro atoms. The van der Waals surface area contributed by atoms with E-state index in [4.69, 9.17) is 16.3 Å². The molecule has 4 atom stereocenters. The standard InChI is InChI=1S/C19H22ClFNO3P/c1-3-17(26-4-2)25-16-10-15(14(21)9-13(16)20)22-18(23)11-7-5-6-8-12(11)19(22)24/h5,7,9-12,17,26H,3-4,6,8H2,1-2H3. The van der Waals surface area contributed by atoms with Crippen molar-refractivity contribution in [2.24, 2.45) is 11.8 Å². The third kappa shape index (κ3) is 3.52.